The van der Waals surface area contributed by atoms with Gasteiger partial charge in [-0.15, -0.1) is 0 Å². The van der Waals surface area contributed by atoms with Crippen LogP contribution in [0.25, 0.3) is 11.3 Å². The summed E-state index contributed by atoms with van der Waals surface area (Å²) in [6, 6.07) is 3.42. The molecule has 0 unspecified atom stereocenters. The molecule has 1 aliphatic carbocycles. The van der Waals surface area contributed by atoms with Crippen LogP contribution in [-0.4, -0.2) is 63.9 Å². The Morgan fingerprint density at radius 1 is 1.31 bits per heavy atom. The van der Waals surface area contributed by atoms with Gasteiger partial charge < -0.3 is 20.1 Å². The Morgan fingerprint density at radius 2 is 2.00 bits per heavy atom. The first-order valence-corrected chi connectivity index (χ1v) is 15.9. The summed E-state index contributed by atoms with van der Waals surface area (Å²) in [7, 11) is -1.14. The number of aromatic nitrogens is 4. The van der Waals surface area contributed by atoms with E-state index in [0.29, 0.717) is 43.5 Å². The summed E-state index contributed by atoms with van der Waals surface area (Å²) in [5, 5.41) is 18.8. The van der Waals surface area contributed by atoms with Crippen molar-refractivity contribution in [3.63, 3.8) is 0 Å². The van der Waals surface area contributed by atoms with Crippen molar-refractivity contribution in [1.82, 2.24) is 24.5 Å². The molecule has 0 aromatic carbocycles. The van der Waals surface area contributed by atoms with Crippen molar-refractivity contribution in [3.8, 4) is 17.3 Å². The number of carbonyl (C=O) groups is 1. The van der Waals surface area contributed by atoms with Crippen LogP contribution in [-0.2, 0) is 16.2 Å². The standard InChI is InChI=1S/C24H37N7O3Si/c1-23(2,3)34-22(32)29-14-24(15-29)9-18(10-24)31-21(26)19(11-25)20(28-31)17-12-27-30(13-17)16-33-7-8-35(4,5)6/h12-13,18H,7-10,14-16,26H2,1-6H3. The summed E-state index contributed by atoms with van der Waals surface area (Å²) in [6.45, 7) is 15.0. The molecule has 1 saturated carbocycles. The Morgan fingerprint density at radius 3 is 2.60 bits per heavy atom. The zero-order valence-electron chi connectivity index (χ0n) is 21.7. The van der Waals surface area contributed by atoms with Crippen molar-refractivity contribution in [2.45, 2.75) is 77.7 Å². The average molecular weight is 500 g/mol. The maximum absolute atomic E-state index is 12.3. The summed E-state index contributed by atoms with van der Waals surface area (Å²) in [6.07, 6.45) is 5.01. The Bertz CT molecular complexity index is 1120. The van der Waals surface area contributed by atoms with Gasteiger partial charge in [-0.25, -0.2) is 14.2 Å². The van der Waals surface area contributed by atoms with Gasteiger partial charge in [0.05, 0.1) is 12.2 Å². The van der Waals surface area contributed by atoms with Gasteiger partial charge in [-0.3, -0.25) is 0 Å². The van der Waals surface area contributed by atoms with Crippen LogP contribution in [0.5, 0.6) is 0 Å². The van der Waals surface area contributed by atoms with E-state index < -0.39 is 13.7 Å². The van der Waals surface area contributed by atoms with Crippen LogP contribution in [0, 0.1) is 16.7 Å². The van der Waals surface area contributed by atoms with Crippen molar-refractivity contribution in [1.29, 1.82) is 5.26 Å². The number of nitrogen functional groups attached to an aromatic ring is 1. The minimum atomic E-state index is -1.14. The van der Waals surface area contributed by atoms with E-state index >= 15 is 0 Å². The maximum Gasteiger partial charge on any atom is 0.410 e. The highest BCUT2D eigenvalue weighted by Gasteiger charge is 2.55. The Kier molecular flexibility index (Phi) is 6.48. The SMILES string of the molecule is CC(C)(C)OC(=O)N1CC2(CC(n3nc(-c4cnn(COCC[Si](C)(C)C)c4)c(C#N)c3N)C2)C1. The largest absolute Gasteiger partial charge is 0.444 e. The molecule has 1 amide bonds. The van der Waals surface area contributed by atoms with E-state index in [-0.39, 0.29) is 17.6 Å². The second-order valence-corrected chi connectivity index (χ2v) is 17.8. The van der Waals surface area contributed by atoms with Crippen LogP contribution in [0.4, 0.5) is 10.6 Å². The van der Waals surface area contributed by atoms with Gasteiger partial charge >= 0.3 is 6.09 Å². The molecule has 2 aliphatic rings. The van der Waals surface area contributed by atoms with E-state index in [0.717, 1.165) is 24.4 Å². The second kappa shape index (κ2) is 8.99. The fourth-order valence-corrected chi connectivity index (χ4v) is 5.48. The summed E-state index contributed by atoms with van der Waals surface area (Å²) in [5.74, 6) is 0.379. The number of nitrogens with two attached hydrogens (primary N) is 1. The number of rotatable bonds is 7. The topological polar surface area (TPSA) is 124 Å². The lowest BCUT2D eigenvalue weighted by Crippen LogP contribution is -2.64. The quantitative estimate of drug-likeness (QED) is 0.449. The van der Waals surface area contributed by atoms with E-state index in [1.165, 1.54) is 0 Å². The monoisotopic (exact) mass is 499 g/mol. The molecule has 3 heterocycles. The molecule has 2 fully saturated rings. The third-order valence-corrected chi connectivity index (χ3v) is 8.28. The Hall–Kier alpha value is -2.84. The van der Waals surface area contributed by atoms with Gasteiger partial charge in [0.25, 0.3) is 0 Å². The highest BCUT2D eigenvalue weighted by Crippen LogP contribution is 2.55. The molecule has 4 rings (SSSR count). The van der Waals surface area contributed by atoms with Crippen molar-refractivity contribution in [2.75, 3.05) is 25.4 Å². The van der Waals surface area contributed by atoms with Gasteiger partial charge in [-0.05, 0) is 39.7 Å². The number of likely N-dealkylation sites (tertiary alicyclic amines) is 1. The van der Waals surface area contributed by atoms with Gasteiger partial charge in [0.1, 0.15) is 35.5 Å². The fraction of sp³-hybridized carbons (Fsp3) is 0.667. The first-order chi connectivity index (χ1) is 16.3. The van der Waals surface area contributed by atoms with Gasteiger partial charge in [0.2, 0.25) is 0 Å². The summed E-state index contributed by atoms with van der Waals surface area (Å²) in [4.78, 5) is 14.0. The van der Waals surface area contributed by atoms with E-state index in [2.05, 4.69) is 30.8 Å². The van der Waals surface area contributed by atoms with Crippen LogP contribution in [0.2, 0.25) is 25.7 Å². The van der Waals surface area contributed by atoms with Crippen LogP contribution >= 0.6 is 0 Å². The molecule has 11 heteroatoms. The molecule has 0 radical (unpaired) electrons. The molecule has 190 valence electrons. The maximum atomic E-state index is 12.3. The van der Waals surface area contributed by atoms with Crippen molar-refractivity contribution in [3.05, 3.63) is 18.0 Å². The molecule has 0 atom stereocenters. The lowest BCUT2D eigenvalue weighted by atomic mass is 9.61. The van der Waals surface area contributed by atoms with Gasteiger partial charge in [0, 0.05) is 44.9 Å². The molecule has 1 aliphatic heterocycles. The molecular weight excluding hydrogens is 462 g/mol. The van der Waals surface area contributed by atoms with Crippen LogP contribution in [0.15, 0.2) is 12.4 Å². The molecule has 2 N–H and O–H groups in total. The lowest BCUT2D eigenvalue weighted by Gasteiger charge is -2.58. The number of anilines is 1. The minimum absolute atomic E-state index is 0.0884. The zero-order valence-corrected chi connectivity index (χ0v) is 22.7. The average Bonchev–Trinajstić information content (AvgIpc) is 3.25. The third kappa shape index (κ3) is 5.54. The number of nitriles is 1. The van der Waals surface area contributed by atoms with Crippen molar-refractivity contribution in [2.24, 2.45) is 5.41 Å². The smallest absolute Gasteiger partial charge is 0.410 e. The summed E-state index contributed by atoms with van der Waals surface area (Å²) in [5.41, 5.74) is 7.60. The molecule has 35 heavy (non-hydrogen) atoms. The van der Waals surface area contributed by atoms with Crippen LogP contribution in [0.1, 0.15) is 45.2 Å². The number of ether oxygens (including phenoxy) is 2. The van der Waals surface area contributed by atoms with E-state index in [1.807, 2.05) is 27.0 Å². The number of hydrogen-bond acceptors (Lipinski definition) is 7. The number of hydrogen-bond donors (Lipinski definition) is 1. The van der Waals surface area contributed by atoms with Gasteiger partial charge in [0.15, 0.2) is 0 Å². The fourth-order valence-electron chi connectivity index (χ4n) is 4.72. The van der Waals surface area contributed by atoms with Crippen LogP contribution in [0.3, 0.4) is 0 Å². The minimum Gasteiger partial charge on any atom is -0.444 e. The van der Waals surface area contributed by atoms with Gasteiger partial charge in [-0.2, -0.15) is 15.5 Å². The number of carbonyl (C=O) groups excluding carboxylic acids is 1. The van der Waals surface area contributed by atoms with E-state index in [4.69, 9.17) is 20.3 Å². The molecule has 1 saturated heterocycles. The van der Waals surface area contributed by atoms with E-state index in [9.17, 15) is 10.1 Å². The van der Waals surface area contributed by atoms with Crippen molar-refractivity contribution < 1.29 is 14.3 Å². The molecule has 1 spiro atoms. The van der Waals surface area contributed by atoms with Gasteiger partial charge in [-0.1, -0.05) is 19.6 Å². The zero-order chi connectivity index (χ0) is 25.6. The molecule has 2 aromatic rings. The van der Waals surface area contributed by atoms with E-state index in [1.54, 1.807) is 20.5 Å². The lowest BCUT2D eigenvalue weighted by molar-refractivity contribution is -0.0923. The Balaban J connectivity index is 1.37. The predicted molar refractivity (Wildman–Crippen MR) is 135 cm³/mol. The summed E-state index contributed by atoms with van der Waals surface area (Å²) >= 11 is 0. The van der Waals surface area contributed by atoms with Crippen molar-refractivity contribution >= 4 is 20.0 Å². The highest BCUT2D eigenvalue weighted by atomic mass is 28.3. The first kappa shape index (κ1) is 25.3. The predicted octanol–water partition coefficient (Wildman–Crippen LogP) is 4.08. The molecule has 0 bridgehead atoms. The molecule has 10 nitrogen and oxygen atoms in total. The third-order valence-electron chi connectivity index (χ3n) is 6.57. The molecule has 2 aromatic heterocycles. The first-order valence-electron chi connectivity index (χ1n) is 12.2. The Labute approximate surface area is 208 Å². The molecular formula is C24H37N7O3Si. The number of amides is 1. The van der Waals surface area contributed by atoms with Crippen LogP contribution < -0.4 is 5.73 Å². The second-order valence-electron chi connectivity index (χ2n) is 12.2. The summed E-state index contributed by atoms with van der Waals surface area (Å²) < 4.78 is 14.7. The number of nitrogens with zero attached hydrogens (tertiary/aromatic N) is 6. The normalized spacial score (nSPS) is 17.7. The highest BCUT2D eigenvalue weighted by molar-refractivity contribution is 6.76.